The lowest BCUT2D eigenvalue weighted by molar-refractivity contribution is -0.120. The van der Waals surface area contributed by atoms with Gasteiger partial charge in [-0.3, -0.25) is 4.79 Å². The zero-order valence-corrected chi connectivity index (χ0v) is 10.7. The number of carbonyl (C=O) groups is 2. The molecule has 1 aromatic carbocycles. The maximum atomic E-state index is 12.3. The third-order valence-electron chi connectivity index (χ3n) is 2.93. The molecule has 96 valence electrons. The third kappa shape index (κ3) is 2.03. The molecule has 1 saturated heterocycles. The Balaban J connectivity index is 2.36. The van der Waals surface area contributed by atoms with Crippen molar-refractivity contribution in [2.45, 2.75) is 26.8 Å². The molecule has 0 unspecified atom stereocenters. The molecule has 1 atom stereocenters. The fourth-order valence-corrected chi connectivity index (χ4v) is 1.97. The molecule has 1 aliphatic rings. The van der Waals surface area contributed by atoms with E-state index >= 15 is 0 Å². The van der Waals surface area contributed by atoms with E-state index in [1.165, 1.54) is 0 Å². The van der Waals surface area contributed by atoms with Crippen LogP contribution in [0.4, 0.5) is 16.2 Å². The first-order chi connectivity index (χ1) is 8.30. The summed E-state index contributed by atoms with van der Waals surface area (Å²) in [7, 11) is 0. The lowest BCUT2D eigenvalue weighted by Crippen LogP contribution is -2.41. The summed E-state index contributed by atoms with van der Waals surface area (Å²) < 4.78 is 0. The molecule has 0 bridgehead atoms. The molecule has 3 amide bonds. The van der Waals surface area contributed by atoms with E-state index in [1.54, 1.807) is 24.3 Å². The second-order valence-electron chi connectivity index (χ2n) is 5.52. The van der Waals surface area contributed by atoms with Gasteiger partial charge in [0.05, 0.1) is 5.69 Å². The van der Waals surface area contributed by atoms with Gasteiger partial charge in [-0.2, -0.15) is 0 Å². The molecule has 1 aromatic rings. The predicted octanol–water partition coefficient (Wildman–Crippen LogP) is 1.74. The second-order valence-corrected chi connectivity index (χ2v) is 5.52. The SMILES string of the molecule is CC(C)(C)[C@@H]1NC(=O)N(c2cccc(N)c2)C1=O. The molecule has 18 heavy (non-hydrogen) atoms. The van der Waals surface area contributed by atoms with Crippen LogP contribution in [-0.4, -0.2) is 18.0 Å². The summed E-state index contributed by atoms with van der Waals surface area (Å²) in [5, 5.41) is 2.71. The second kappa shape index (κ2) is 4.01. The molecule has 1 heterocycles. The number of anilines is 2. The average molecular weight is 247 g/mol. The highest BCUT2D eigenvalue weighted by atomic mass is 16.2. The zero-order chi connectivity index (χ0) is 13.5. The van der Waals surface area contributed by atoms with Crippen molar-refractivity contribution in [1.82, 2.24) is 5.32 Å². The highest BCUT2D eigenvalue weighted by Crippen LogP contribution is 2.29. The van der Waals surface area contributed by atoms with Crippen LogP contribution in [0.25, 0.3) is 0 Å². The van der Waals surface area contributed by atoms with Crippen molar-refractivity contribution in [1.29, 1.82) is 0 Å². The minimum absolute atomic E-state index is 0.238. The van der Waals surface area contributed by atoms with Crippen LogP contribution in [0.15, 0.2) is 24.3 Å². The number of amides is 3. The summed E-state index contributed by atoms with van der Waals surface area (Å²) in [5.74, 6) is -0.238. The van der Waals surface area contributed by atoms with Gasteiger partial charge in [-0.25, -0.2) is 9.69 Å². The molecular weight excluding hydrogens is 230 g/mol. The molecule has 0 aliphatic carbocycles. The van der Waals surface area contributed by atoms with Crippen molar-refractivity contribution in [2.75, 3.05) is 10.6 Å². The molecule has 5 heteroatoms. The van der Waals surface area contributed by atoms with Crippen molar-refractivity contribution in [3.05, 3.63) is 24.3 Å². The Labute approximate surface area is 106 Å². The Morgan fingerprint density at radius 1 is 1.28 bits per heavy atom. The molecule has 0 spiro atoms. The molecule has 2 rings (SSSR count). The molecule has 0 aromatic heterocycles. The monoisotopic (exact) mass is 247 g/mol. The van der Waals surface area contributed by atoms with Gasteiger partial charge >= 0.3 is 6.03 Å². The van der Waals surface area contributed by atoms with Gasteiger partial charge < -0.3 is 11.1 Å². The average Bonchev–Trinajstić information content (AvgIpc) is 2.54. The van der Waals surface area contributed by atoms with Gasteiger partial charge in [-0.1, -0.05) is 26.8 Å². The van der Waals surface area contributed by atoms with Crippen LogP contribution < -0.4 is 16.0 Å². The van der Waals surface area contributed by atoms with Gasteiger partial charge in [0.1, 0.15) is 6.04 Å². The van der Waals surface area contributed by atoms with Crippen LogP contribution in [0.3, 0.4) is 0 Å². The molecule has 3 N–H and O–H groups in total. The highest BCUT2D eigenvalue weighted by Gasteiger charge is 2.44. The summed E-state index contributed by atoms with van der Waals surface area (Å²) in [5.41, 5.74) is 6.37. The van der Waals surface area contributed by atoms with E-state index in [0.717, 1.165) is 4.90 Å². The van der Waals surface area contributed by atoms with Gasteiger partial charge in [0.2, 0.25) is 0 Å². The number of hydrogen-bond acceptors (Lipinski definition) is 3. The van der Waals surface area contributed by atoms with Crippen LogP contribution in [0.5, 0.6) is 0 Å². The van der Waals surface area contributed by atoms with Crippen LogP contribution in [0.1, 0.15) is 20.8 Å². The van der Waals surface area contributed by atoms with Gasteiger partial charge in [0.25, 0.3) is 5.91 Å². The van der Waals surface area contributed by atoms with Crippen LogP contribution in [-0.2, 0) is 4.79 Å². The number of nitrogens with zero attached hydrogens (tertiary/aromatic N) is 1. The molecule has 1 fully saturated rings. The summed E-state index contributed by atoms with van der Waals surface area (Å²) in [6.45, 7) is 5.75. The Kier molecular flexibility index (Phi) is 2.77. The molecule has 0 radical (unpaired) electrons. The molecule has 0 saturated carbocycles. The first-order valence-corrected chi connectivity index (χ1v) is 5.81. The number of nitrogen functional groups attached to an aromatic ring is 1. The molecular formula is C13H17N3O2. The number of benzene rings is 1. The van der Waals surface area contributed by atoms with E-state index < -0.39 is 12.1 Å². The minimum Gasteiger partial charge on any atom is -0.399 e. The lowest BCUT2D eigenvalue weighted by atomic mass is 9.87. The van der Waals surface area contributed by atoms with Gasteiger partial charge in [0, 0.05) is 5.69 Å². The van der Waals surface area contributed by atoms with Crippen molar-refractivity contribution in [2.24, 2.45) is 5.41 Å². The minimum atomic E-state index is -0.508. The fourth-order valence-electron chi connectivity index (χ4n) is 1.97. The van der Waals surface area contributed by atoms with E-state index in [1.807, 2.05) is 20.8 Å². The van der Waals surface area contributed by atoms with Gasteiger partial charge in [-0.15, -0.1) is 0 Å². The highest BCUT2D eigenvalue weighted by molar-refractivity contribution is 6.21. The number of carbonyl (C=O) groups excluding carboxylic acids is 2. The van der Waals surface area contributed by atoms with E-state index in [4.69, 9.17) is 5.73 Å². The number of urea groups is 1. The summed E-state index contributed by atoms with van der Waals surface area (Å²) in [6.07, 6.45) is 0. The van der Waals surface area contributed by atoms with E-state index in [2.05, 4.69) is 5.32 Å². The first-order valence-electron chi connectivity index (χ1n) is 5.81. The maximum absolute atomic E-state index is 12.3. The molecule has 5 nitrogen and oxygen atoms in total. The number of hydrogen-bond donors (Lipinski definition) is 2. The fraction of sp³-hybridized carbons (Fsp3) is 0.385. The maximum Gasteiger partial charge on any atom is 0.329 e. The largest absolute Gasteiger partial charge is 0.399 e. The number of rotatable bonds is 1. The molecule has 1 aliphatic heterocycles. The Morgan fingerprint density at radius 3 is 2.44 bits per heavy atom. The number of nitrogens with two attached hydrogens (primary N) is 1. The first kappa shape index (κ1) is 12.4. The standard InChI is InChI=1S/C13H17N3O2/c1-13(2,3)10-11(17)16(12(18)15-10)9-6-4-5-8(14)7-9/h4-7,10H,14H2,1-3H3,(H,15,18)/t10-/m1/s1. The van der Waals surface area contributed by atoms with Crippen molar-refractivity contribution >= 4 is 23.3 Å². The van der Waals surface area contributed by atoms with Crippen LogP contribution >= 0.6 is 0 Å². The normalized spacial score (nSPS) is 20.2. The van der Waals surface area contributed by atoms with Crippen molar-refractivity contribution in [3.8, 4) is 0 Å². The Bertz CT molecular complexity index is 505. The number of nitrogens with one attached hydrogen (secondary N) is 1. The van der Waals surface area contributed by atoms with E-state index in [0.29, 0.717) is 11.4 Å². The van der Waals surface area contributed by atoms with Crippen LogP contribution in [0, 0.1) is 5.41 Å². The van der Waals surface area contributed by atoms with E-state index in [-0.39, 0.29) is 11.3 Å². The van der Waals surface area contributed by atoms with E-state index in [9.17, 15) is 9.59 Å². The summed E-state index contributed by atoms with van der Waals surface area (Å²) in [6, 6.07) is 5.83. The summed E-state index contributed by atoms with van der Waals surface area (Å²) in [4.78, 5) is 25.3. The smallest absolute Gasteiger partial charge is 0.329 e. The number of imide groups is 1. The third-order valence-corrected chi connectivity index (χ3v) is 2.93. The topological polar surface area (TPSA) is 75.4 Å². The zero-order valence-electron chi connectivity index (χ0n) is 10.7. The van der Waals surface area contributed by atoms with Gasteiger partial charge in [-0.05, 0) is 23.6 Å². The Morgan fingerprint density at radius 2 is 1.94 bits per heavy atom. The van der Waals surface area contributed by atoms with Gasteiger partial charge in [0.15, 0.2) is 0 Å². The predicted molar refractivity (Wildman–Crippen MR) is 70.1 cm³/mol. The lowest BCUT2D eigenvalue weighted by Gasteiger charge is -2.24. The van der Waals surface area contributed by atoms with Crippen molar-refractivity contribution < 1.29 is 9.59 Å². The van der Waals surface area contributed by atoms with Crippen molar-refractivity contribution in [3.63, 3.8) is 0 Å². The Hall–Kier alpha value is -2.04. The quantitative estimate of drug-likeness (QED) is 0.586. The van der Waals surface area contributed by atoms with Crippen LogP contribution in [0.2, 0.25) is 0 Å². The summed E-state index contributed by atoms with van der Waals surface area (Å²) >= 11 is 0.